The van der Waals surface area contributed by atoms with E-state index < -0.39 is 12.1 Å². The first-order valence-electron chi connectivity index (χ1n) is 12.3. The number of nitriles is 1. The molecule has 2 aliphatic rings. The quantitative estimate of drug-likeness (QED) is 0.450. The van der Waals surface area contributed by atoms with Crippen molar-refractivity contribution in [3.8, 4) is 6.07 Å². The van der Waals surface area contributed by atoms with Gasteiger partial charge in [0, 0.05) is 30.2 Å². The Morgan fingerprint density at radius 2 is 2.06 bits per heavy atom. The lowest BCUT2D eigenvalue weighted by molar-refractivity contribution is 0.0551. The molecule has 2 aliphatic heterocycles. The van der Waals surface area contributed by atoms with Crippen molar-refractivity contribution in [2.45, 2.75) is 45.7 Å². The fourth-order valence-corrected chi connectivity index (χ4v) is 4.87. The maximum Gasteiger partial charge on any atom is 0.414 e. The van der Waals surface area contributed by atoms with E-state index in [4.69, 9.17) is 9.84 Å². The van der Waals surface area contributed by atoms with Gasteiger partial charge in [0.2, 0.25) is 0 Å². The van der Waals surface area contributed by atoms with Crippen molar-refractivity contribution in [3.05, 3.63) is 59.2 Å². The molecule has 2 aromatic carbocycles. The zero-order valence-electron chi connectivity index (χ0n) is 21.0. The van der Waals surface area contributed by atoms with Crippen LogP contribution < -0.4 is 20.7 Å². The number of carbonyl (C=O) groups is 2. The molecule has 4 rings (SSSR count). The van der Waals surface area contributed by atoms with Gasteiger partial charge in [-0.2, -0.15) is 5.26 Å². The number of carboxylic acid groups (broad SMARTS) is 1. The zero-order valence-corrected chi connectivity index (χ0v) is 21.0. The molecule has 0 spiro atoms. The first-order chi connectivity index (χ1) is 17.3. The van der Waals surface area contributed by atoms with Gasteiger partial charge in [-0.25, -0.2) is 15.0 Å². The third-order valence-electron chi connectivity index (χ3n) is 7.18. The van der Waals surface area contributed by atoms with Crippen LogP contribution in [0.25, 0.3) is 0 Å². The molecule has 0 bridgehead atoms. The summed E-state index contributed by atoms with van der Waals surface area (Å²) in [6, 6.07) is 14.7. The number of nitrogens with zero attached hydrogens (tertiary/aromatic N) is 3. The summed E-state index contributed by atoms with van der Waals surface area (Å²) in [5, 5.41) is 24.1. The topological polar surface area (TPSA) is 118 Å². The number of aromatic carboxylic acids is 1. The van der Waals surface area contributed by atoms with E-state index in [2.05, 4.69) is 42.6 Å². The average molecular weight is 492 g/mol. The molecule has 36 heavy (non-hydrogen) atoms. The highest BCUT2D eigenvalue weighted by atomic mass is 16.6. The molecule has 190 valence electrons. The van der Waals surface area contributed by atoms with Gasteiger partial charge in [0.25, 0.3) is 0 Å². The summed E-state index contributed by atoms with van der Waals surface area (Å²) in [7, 11) is 0. The van der Waals surface area contributed by atoms with E-state index in [0.29, 0.717) is 24.4 Å². The summed E-state index contributed by atoms with van der Waals surface area (Å²) < 4.78 is 5.57. The van der Waals surface area contributed by atoms with Gasteiger partial charge in [0.1, 0.15) is 6.61 Å². The predicted molar refractivity (Wildman–Crippen MR) is 137 cm³/mol. The summed E-state index contributed by atoms with van der Waals surface area (Å²) >= 11 is 0. The number of cyclic esters (lactones) is 1. The van der Waals surface area contributed by atoms with Crippen LogP contribution in [0.2, 0.25) is 0 Å². The average Bonchev–Trinajstić information content (AvgIpc) is 3.26. The van der Waals surface area contributed by atoms with E-state index in [-0.39, 0.29) is 23.1 Å². The first-order valence-corrected chi connectivity index (χ1v) is 12.3. The van der Waals surface area contributed by atoms with E-state index in [1.165, 1.54) is 17.7 Å². The standard InChI is InChI=1S/C27H33N5O4/c1-4-27(16-31(26(35)36-17-27)21-8-6-20(7-9-21)25(33)34)11-12-29-15-23-22-10-5-19(14-28)13-24(22)32(30-23)18(2)3/h5-10,13,18,23,29-30H,4,11-12,15-17H2,1-3H3,(H,33,34). The predicted octanol–water partition coefficient (Wildman–Crippen LogP) is 4.06. The van der Waals surface area contributed by atoms with Crippen molar-refractivity contribution >= 4 is 23.4 Å². The number of amides is 1. The molecule has 0 aromatic heterocycles. The Bertz CT molecular complexity index is 1160. The lowest BCUT2D eigenvalue weighted by Gasteiger charge is -2.41. The zero-order chi connectivity index (χ0) is 25.9. The Morgan fingerprint density at radius 1 is 1.31 bits per heavy atom. The van der Waals surface area contributed by atoms with Crippen molar-refractivity contribution in [2.75, 3.05) is 36.1 Å². The van der Waals surface area contributed by atoms with Crippen LogP contribution in [-0.2, 0) is 4.74 Å². The molecule has 3 N–H and O–H groups in total. The summed E-state index contributed by atoms with van der Waals surface area (Å²) in [4.78, 5) is 25.3. The fourth-order valence-electron chi connectivity index (χ4n) is 4.87. The third-order valence-corrected chi connectivity index (χ3v) is 7.18. The highest BCUT2D eigenvalue weighted by Gasteiger charge is 2.39. The van der Waals surface area contributed by atoms with Crippen LogP contribution in [0.15, 0.2) is 42.5 Å². The van der Waals surface area contributed by atoms with Crippen LogP contribution in [0.4, 0.5) is 16.2 Å². The van der Waals surface area contributed by atoms with Crippen LogP contribution in [0, 0.1) is 16.7 Å². The van der Waals surface area contributed by atoms with E-state index >= 15 is 0 Å². The minimum absolute atomic E-state index is 0.0983. The molecule has 2 heterocycles. The van der Waals surface area contributed by atoms with Gasteiger partial charge in [-0.1, -0.05) is 13.0 Å². The lowest BCUT2D eigenvalue weighted by Crippen LogP contribution is -2.51. The second kappa shape index (κ2) is 10.6. The van der Waals surface area contributed by atoms with Gasteiger partial charge >= 0.3 is 12.1 Å². The molecule has 0 aliphatic carbocycles. The molecule has 1 fully saturated rings. The molecule has 9 nitrogen and oxygen atoms in total. The Morgan fingerprint density at radius 3 is 2.69 bits per heavy atom. The molecule has 2 unspecified atom stereocenters. The van der Waals surface area contributed by atoms with Crippen molar-refractivity contribution < 1.29 is 19.4 Å². The monoisotopic (exact) mass is 491 g/mol. The van der Waals surface area contributed by atoms with Crippen molar-refractivity contribution in [3.63, 3.8) is 0 Å². The van der Waals surface area contributed by atoms with E-state index in [0.717, 1.165) is 31.6 Å². The second-order valence-corrected chi connectivity index (χ2v) is 9.83. The number of carbonyl (C=O) groups excluding carboxylic acids is 1. The van der Waals surface area contributed by atoms with Gasteiger partial charge in [-0.3, -0.25) is 4.90 Å². The van der Waals surface area contributed by atoms with Gasteiger partial charge in [-0.05, 0) is 75.2 Å². The maximum atomic E-state index is 12.5. The number of hydrogen-bond donors (Lipinski definition) is 3. The first kappa shape index (κ1) is 25.5. The Hall–Kier alpha value is -3.61. The molecule has 2 aromatic rings. The minimum Gasteiger partial charge on any atom is -0.478 e. The third kappa shape index (κ3) is 5.15. The van der Waals surface area contributed by atoms with Crippen molar-refractivity contribution in [1.82, 2.24) is 10.7 Å². The number of hydrazine groups is 1. The number of anilines is 2. The van der Waals surface area contributed by atoms with E-state index in [1.807, 2.05) is 18.2 Å². The number of hydrogen-bond acceptors (Lipinski definition) is 7. The summed E-state index contributed by atoms with van der Waals surface area (Å²) in [6.45, 7) is 8.68. The Kier molecular flexibility index (Phi) is 7.48. The molecular weight excluding hydrogens is 458 g/mol. The van der Waals surface area contributed by atoms with Crippen LogP contribution in [0.3, 0.4) is 0 Å². The molecule has 0 radical (unpaired) electrons. The normalized spacial score (nSPS) is 21.3. The van der Waals surface area contributed by atoms with Crippen molar-refractivity contribution in [2.24, 2.45) is 5.41 Å². The number of rotatable bonds is 9. The maximum absolute atomic E-state index is 12.5. The van der Waals surface area contributed by atoms with Gasteiger partial charge in [0.05, 0.1) is 28.9 Å². The van der Waals surface area contributed by atoms with Crippen LogP contribution in [-0.4, -0.2) is 49.5 Å². The molecule has 9 heteroatoms. The summed E-state index contributed by atoms with van der Waals surface area (Å²) in [5.74, 6) is -1.00. The second-order valence-electron chi connectivity index (χ2n) is 9.83. The fraction of sp³-hybridized carbons (Fsp3) is 0.444. The number of fused-ring (bicyclic) bond motifs is 1. The van der Waals surface area contributed by atoms with Gasteiger partial charge < -0.3 is 20.2 Å². The van der Waals surface area contributed by atoms with Crippen LogP contribution in [0.5, 0.6) is 0 Å². The molecule has 1 saturated heterocycles. The van der Waals surface area contributed by atoms with Crippen LogP contribution in [0.1, 0.15) is 61.1 Å². The highest BCUT2D eigenvalue weighted by Crippen LogP contribution is 2.36. The smallest absolute Gasteiger partial charge is 0.414 e. The van der Waals surface area contributed by atoms with Gasteiger partial charge in [-0.15, -0.1) is 0 Å². The molecule has 1 amide bonds. The Labute approximate surface area is 211 Å². The lowest BCUT2D eigenvalue weighted by atomic mass is 9.81. The molecule has 0 saturated carbocycles. The van der Waals surface area contributed by atoms with Crippen molar-refractivity contribution in [1.29, 1.82) is 5.26 Å². The SMILES string of the molecule is CCC1(CCNCC2NN(C(C)C)c3cc(C#N)ccc32)COC(=O)N(c2ccc(C(=O)O)cc2)C1. The number of ether oxygens (including phenoxy) is 1. The highest BCUT2D eigenvalue weighted by molar-refractivity contribution is 5.91. The van der Waals surface area contributed by atoms with Gasteiger partial charge in [0.15, 0.2) is 0 Å². The molecule has 2 atom stereocenters. The largest absolute Gasteiger partial charge is 0.478 e. The minimum atomic E-state index is -1.00. The number of nitrogens with one attached hydrogen (secondary N) is 2. The van der Waals surface area contributed by atoms with E-state index in [1.54, 1.807) is 17.0 Å². The van der Waals surface area contributed by atoms with E-state index in [9.17, 15) is 14.9 Å². The Balaban J connectivity index is 1.38. The number of carboxylic acids is 1. The summed E-state index contributed by atoms with van der Waals surface area (Å²) in [5.41, 5.74) is 7.02. The number of benzene rings is 2. The van der Waals surface area contributed by atoms with Crippen LogP contribution >= 0.6 is 0 Å². The molecular formula is C27H33N5O4. The summed E-state index contributed by atoms with van der Waals surface area (Å²) in [6.07, 6.45) is 1.25.